The maximum absolute atomic E-state index is 9.97. The lowest BCUT2D eigenvalue weighted by atomic mass is 10.0. The first-order valence-electron chi connectivity index (χ1n) is 10.9. The van der Waals surface area contributed by atoms with Gasteiger partial charge in [0.05, 0.1) is 23.1 Å². The third-order valence-corrected chi connectivity index (χ3v) is 5.58. The summed E-state index contributed by atoms with van der Waals surface area (Å²) in [5.41, 5.74) is 5.71. The molecule has 8 heteroatoms. The molecule has 0 spiro atoms. The minimum absolute atomic E-state index is 0.497. The normalized spacial score (nSPS) is 11.7. The quantitative estimate of drug-likeness (QED) is 0.459. The van der Waals surface area contributed by atoms with E-state index in [2.05, 4.69) is 37.4 Å². The van der Waals surface area contributed by atoms with Crippen molar-refractivity contribution in [1.29, 1.82) is 5.26 Å². The molecule has 0 aliphatic carbocycles. The van der Waals surface area contributed by atoms with E-state index in [4.69, 9.17) is 0 Å². The summed E-state index contributed by atoms with van der Waals surface area (Å²) in [6, 6.07) is 19.7. The zero-order chi connectivity index (χ0) is 23.9. The zero-order valence-corrected chi connectivity index (χ0v) is 19.1. The first-order valence-corrected chi connectivity index (χ1v) is 10.9. The predicted octanol–water partition coefficient (Wildman–Crippen LogP) is 3.91. The molecule has 34 heavy (non-hydrogen) atoms. The van der Waals surface area contributed by atoms with Crippen LogP contribution in [0, 0.1) is 11.3 Å². The first kappa shape index (κ1) is 22.7. The monoisotopic (exact) mass is 451 g/mol. The fourth-order valence-electron chi connectivity index (χ4n) is 3.87. The van der Waals surface area contributed by atoms with E-state index in [0.717, 1.165) is 47.6 Å². The fraction of sp³-hybridized carbons (Fsp3) is 0.192. The topological polar surface area (TPSA) is 99.7 Å². The molecule has 0 saturated carbocycles. The second-order valence-corrected chi connectivity index (χ2v) is 7.90. The number of anilines is 3. The Bertz CT molecular complexity index is 1320. The van der Waals surface area contributed by atoms with Crippen molar-refractivity contribution in [3.63, 3.8) is 0 Å². The van der Waals surface area contributed by atoms with Crippen LogP contribution in [0.5, 0.6) is 0 Å². The zero-order valence-electron chi connectivity index (χ0n) is 19.1. The van der Waals surface area contributed by atoms with E-state index in [9.17, 15) is 10.1 Å². The third-order valence-electron chi connectivity index (χ3n) is 5.58. The van der Waals surface area contributed by atoms with Crippen molar-refractivity contribution in [2.75, 3.05) is 23.8 Å². The Labute approximate surface area is 198 Å². The highest BCUT2D eigenvalue weighted by atomic mass is 16.1. The molecule has 0 unspecified atom stereocenters. The molecule has 5 rings (SSSR count). The summed E-state index contributed by atoms with van der Waals surface area (Å²) < 4.78 is 1.72. The van der Waals surface area contributed by atoms with E-state index in [1.54, 1.807) is 17.1 Å². The molecule has 0 atom stereocenters. The van der Waals surface area contributed by atoms with Crippen LogP contribution in [-0.4, -0.2) is 39.6 Å². The number of aldehydes is 1. The number of hydrogen-bond donors (Lipinski definition) is 1. The number of benzene rings is 2. The van der Waals surface area contributed by atoms with Crippen molar-refractivity contribution in [3.05, 3.63) is 83.7 Å². The lowest BCUT2D eigenvalue weighted by Gasteiger charge is -2.14. The molecule has 8 nitrogen and oxygen atoms in total. The maximum Gasteiger partial charge on any atom is 0.228 e. The Morgan fingerprint density at radius 3 is 2.65 bits per heavy atom. The number of rotatable bonds is 5. The second-order valence-electron chi connectivity index (χ2n) is 7.90. The summed E-state index contributed by atoms with van der Waals surface area (Å²) in [5.74, 6) is 1.31. The highest BCUT2D eigenvalue weighted by Gasteiger charge is 2.21. The Hall–Kier alpha value is -4.51. The van der Waals surface area contributed by atoms with Gasteiger partial charge in [-0.15, -0.1) is 0 Å². The summed E-state index contributed by atoms with van der Waals surface area (Å²) in [6.45, 7) is 0.935. The molecule has 0 saturated heterocycles. The van der Waals surface area contributed by atoms with Crippen LogP contribution in [-0.2, 0) is 24.7 Å². The Morgan fingerprint density at radius 2 is 1.94 bits per heavy atom. The molecular formula is C26H25N7O. The number of nitrogens with zero attached hydrogens (tertiary/aromatic N) is 6. The largest absolute Gasteiger partial charge is 0.373 e. The number of aromatic nitrogens is 4. The highest BCUT2D eigenvalue weighted by molar-refractivity contribution is 5.75. The summed E-state index contributed by atoms with van der Waals surface area (Å²) in [7, 11) is 3.87. The number of fused-ring (bicyclic) bond motifs is 1. The summed E-state index contributed by atoms with van der Waals surface area (Å²) in [4.78, 5) is 21.0. The van der Waals surface area contributed by atoms with Gasteiger partial charge < -0.3 is 15.0 Å². The first-order chi connectivity index (χ1) is 16.6. The SMILES string of the molecule is CN1CCc2cc(-c3ccnc(Nc4ccnn4C)n3)cc(C#N)c21.O=CCc1ccccc1. The summed E-state index contributed by atoms with van der Waals surface area (Å²) in [5, 5.41) is 16.8. The van der Waals surface area contributed by atoms with Gasteiger partial charge in [0.15, 0.2) is 0 Å². The number of hydrogen-bond acceptors (Lipinski definition) is 7. The Kier molecular flexibility index (Phi) is 6.94. The van der Waals surface area contributed by atoms with Crippen molar-refractivity contribution in [3.8, 4) is 17.3 Å². The average Bonchev–Trinajstić information content (AvgIpc) is 3.45. The van der Waals surface area contributed by atoms with E-state index in [-0.39, 0.29) is 0 Å². The van der Waals surface area contributed by atoms with Crippen LogP contribution in [0.1, 0.15) is 16.7 Å². The Balaban J connectivity index is 0.000000257. The summed E-state index contributed by atoms with van der Waals surface area (Å²) >= 11 is 0. The molecule has 0 fully saturated rings. The van der Waals surface area contributed by atoms with Gasteiger partial charge in [-0.25, -0.2) is 9.97 Å². The van der Waals surface area contributed by atoms with Gasteiger partial charge in [-0.05, 0) is 35.7 Å². The summed E-state index contributed by atoms with van der Waals surface area (Å²) in [6.07, 6.45) is 5.81. The van der Waals surface area contributed by atoms with Crippen LogP contribution in [0.15, 0.2) is 67.0 Å². The highest BCUT2D eigenvalue weighted by Crippen LogP contribution is 2.34. The van der Waals surface area contributed by atoms with E-state index in [1.165, 1.54) is 5.56 Å². The number of nitriles is 1. The van der Waals surface area contributed by atoms with Gasteiger partial charge in [-0.2, -0.15) is 10.4 Å². The van der Waals surface area contributed by atoms with E-state index in [0.29, 0.717) is 17.9 Å². The fourth-order valence-corrected chi connectivity index (χ4v) is 3.87. The predicted molar refractivity (Wildman–Crippen MR) is 132 cm³/mol. The van der Waals surface area contributed by atoms with Crippen molar-refractivity contribution in [2.45, 2.75) is 12.8 Å². The van der Waals surface area contributed by atoms with Gasteiger partial charge in [0.25, 0.3) is 0 Å². The van der Waals surface area contributed by atoms with E-state index < -0.39 is 0 Å². The maximum atomic E-state index is 9.97. The van der Waals surface area contributed by atoms with E-state index >= 15 is 0 Å². The standard InChI is InChI=1S/C18H17N7.C8H8O/c1-24-8-5-12-9-13(10-14(11-19)17(12)24)15-3-6-20-18(22-15)23-16-4-7-21-25(16)2;9-7-6-8-4-2-1-3-5-8/h3-4,6-7,9-10H,5,8H2,1-2H3,(H,20,22,23);1-5,7H,6H2. The molecule has 170 valence electrons. The average molecular weight is 452 g/mol. The molecule has 3 heterocycles. The Morgan fingerprint density at radius 1 is 1.12 bits per heavy atom. The van der Waals surface area contributed by atoms with Gasteiger partial charge in [0.2, 0.25) is 5.95 Å². The molecule has 0 bridgehead atoms. The van der Waals surface area contributed by atoms with Gasteiger partial charge in [0, 0.05) is 44.9 Å². The van der Waals surface area contributed by atoms with Crippen LogP contribution in [0.4, 0.5) is 17.5 Å². The second kappa shape index (κ2) is 10.4. The molecular weight excluding hydrogens is 426 g/mol. The van der Waals surface area contributed by atoms with Gasteiger partial charge in [0.1, 0.15) is 18.2 Å². The molecule has 0 amide bonds. The number of carbonyl (C=O) groups is 1. The van der Waals surface area contributed by atoms with Crippen molar-refractivity contribution in [2.24, 2.45) is 7.05 Å². The number of carbonyl (C=O) groups excluding carboxylic acids is 1. The van der Waals surface area contributed by atoms with Crippen LogP contribution in [0.25, 0.3) is 11.3 Å². The van der Waals surface area contributed by atoms with Crippen molar-refractivity contribution < 1.29 is 4.79 Å². The molecule has 1 N–H and O–H groups in total. The van der Waals surface area contributed by atoms with Crippen LogP contribution in [0.2, 0.25) is 0 Å². The van der Waals surface area contributed by atoms with Gasteiger partial charge in [-0.1, -0.05) is 30.3 Å². The molecule has 2 aromatic heterocycles. The molecule has 1 aliphatic rings. The lowest BCUT2D eigenvalue weighted by molar-refractivity contribution is -0.107. The smallest absolute Gasteiger partial charge is 0.228 e. The molecule has 4 aromatic rings. The number of nitrogens with one attached hydrogen (secondary N) is 1. The van der Waals surface area contributed by atoms with Crippen molar-refractivity contribution in [1.82, 2.24) is 19.7 Å². The van der Waals surface area contributed by atoms with Crippen LogP contribution < -0.4 is 10.2 Å². The van der Waals surface area contributed by atoms with Crippen LogP contribution >= 0.6 is 0 Å². The molecule has 1 aliphatic heterocycles. The number of likely N-dealkylation sites (N-methyl/N-ethyl adjacent to an activating group) is 1. The minimum atomic E-state index is 0.497. The van der Waals surface area contributed by atoms with E-state index in [1.807, 2.05) is 62.6 Å². The minimum Gasteiger partial charge on any atom is -0.373 e. The molecule has 0 radical (unpaired) electrons. The van der Waals surface area contributed by atoms with Crippen molar-refractivity contribution >= 4 is 23.7 Å². The number of aryl methyl sites for hydroxylation is 1. The van der Waals surface area contributed by atoms with Gasteiger partial charge in [-0.3, -0.25) is 4.68 Å². The lowest BCUT2D eigenvalue weighted by Crippen LogP contribution is -2.13. The third kappa shape index (κ3) is 5.10. The van der Waals surface area contributed by atoms with Gasteiger partial charge >= 0.3 is 0 Å². The molecule has 2 aromatic carbocycles. The van der Waals surface area contributed by atoms with Crippen LogP contribution in [0.3, 0.4) is 0 Å².